The average Bonchev–Trinajstić information content (AvgIpc) is 2.12. The minimum atomic E-state index is -4.49. The molecule has 3 nitrogen and oxygen atoms in total. The smallest absolute Gasteiger partial charge is 0.404 e. The Morgan fingerprint density at radius 2 is 1.94 bits per heavy atom. The van der Waals surface area contributed by atoms with Crippen LogP contribution in [0.4, 0.5) is 13.2 Å². The van der Waals surface area contributed by atoms with Crippen molar-refractivity contribution >= 4 is 5.97 Å². The molecule has 0 radical (unpaired) electrons. The van der Waals surface area contributed by atoms with Crippen LogP contribution in [-0.4, -0.2) is 41.8 Å². The predicted octanol–water partition coefficient (Wildman–Crippen LogP) is 2.51. The van der Waals surface area contributed by atoms with Crippen LogP contribution in [0.5, 0.6) is 0 Å². The monoisotopic (exact) mass is 241 g/mol. The molecule has 0 aliphatic carbocycles. The van der Waals surface area contributed by atoms with Crippen LogP contribution in [0.25, 0.3) is 0 Å². The molecule has 0 amide bonds. The number of carboxylic acid groups (broad SMARTS) is 1. The number of unbranched alkanes of at least 4 members (excludes halogenated alkanes) is 2. The zero-order chi connectivity index (χ0) is 12.8. The third-order valence-electron chi connectivity index (χ3n) is 2.39. The lowest BCUT2D eigenvalue weighted by atomic mass is 10.1. The minimum absolute atomic E-state index is 0.269. The van der Waals surface area contributed by atoms with Crippen molar-refractivity contribution < 1.29 is 23.1 Å². The third-order valence-corrected chi connectivity index (χ3v) is 2.39. The first kappa shape index (κ1) is 15.2. The molecule has 0 aromatic rings. The quantitative estimate of drug-likeness (QED) is 0.696. The van der Waals surface area contributed by atoms with Crippen LogP contribution in [0.15, 0.2) is 0 Å². The lowest BCUT2D eigenvalue weighted by molar-refractivity contribution is -0.187. The van der Waals surface area contributed by atoms with Crippen LogP contribution in [0, 0.1) is 0 Å². The van der Waals surface area contributed by atoms with Gasteiger partial charge in [0.1, 0.15) is 6.04 Å². The van der Waals surface area contributed by atoms with E-state index in [0.717, 1.165) is 17.7 Å². The maximum atomic E-state index is 12.5. The van der Waals surface area contributed by atoms with Gasteiger partial charge in [-0.25, -0.2) is 0 Å². The van der Waals surface area contributed by atoms with Gasteiger partial charge in [-0.15, -0.1) is 0 Å². The van der Waals surface area contributed by atoms with E-state index in [4.69, 9.17) is 5.11 Å². The van der Waals surface area contributed by atoms with Crippen LogP contribution >= 0.6 is 0 Å². The van der Waals surface area contributed by atoms with Crippen molar-refractivity contribution in [1.29, 1.82) is 0 Å². The Balaban J connectivity index is 4.33. The van der Waals surface area contributed by atoms with Crippen molar-refractivity contribution in [2.45, 2.75) is 44.8 Å². The highest BCUT2D eigenvalue weighted by Gasteiger charge is 2.43. The summed E-state index contributed by atoms with van der Waals surface area (Å²) in [5.41, 5.74) is 0. The number of aliphatic carboxylic acids is 1. The maximum absolute atomic E-state index is 12.5. The molecule has 0 aromatic heterocycles. The largest absolute Gasteiger partial charge is 0.481 e. The predicted molar refractivity (Wildman–Crippen MR) is 54.3 cm³/mol. The summed E-state index contributed by atoms with van der Waals surface area (Å²) in [6, 6.07) is -1.89. The van der Waals surface area contributed by atoms with Crippen molar-refractivity contribution in [1.82, 2.24) is 4.90 Å². The maximum Gasteiger partial charge on any atom is 0.404 e. The van der Waals surface area contributed by atoms with Crippen LogP contribution in [0.3, 0.4) is 0 Å². The van der Waals surface area contributed by atoms with Gasteiger partial charge in [-0.1, -0.05) is 19.8 Å². The summed E-state index contributed by atoms with van der Waals surface area (Å²) < 4.78 is 37.6. The molecule has 16 heavy (non-hydrogen) atoms. The molecule has 0 spiro atoms. The summed E-state index contributed by atoms with van der Waals surface area (Å²) in [5.74, 6) is -1.43. The van der Waals surface area contributed by atoms with Gasteiger partial charge in [0, 0.05) is 0 Å². The van der Waals surface area contributed by atoms with Gasteiger partial charge in [-0.05, 0) is 20.0 Å². The molecule has 6 heteroatoms. The van der Waals surface area contributed by atoms with E-state index in [9.17, 15) is 18.0 Å². The Labute approximate surface area is 93.2 Å². The Morgan fingerprint density at radius 1 is 1.38 bits per heavy atom. The Hall–Kier alpha value is -0.780. The summed E-state index contributed by atoms with van der Waals surface area (Å²) in [5, 5.41) is 8.44. The van der Waals surface area contributed by atoms with E-state index in [-0.39, 0.29) is 6.54 Å². The molecule has 0 fully saturated rings. The van der Waals surface area contributed by atoms with Crippen molar-refractivity contribution in [3.05, 3.63) is 0 Å². The number of carboxylic acids is 1. The second-order valence-corrected chi connectivity index (χ2v) is 3.84. The second-order valence-electron chi connectivity index (χ2n) is 3.84. The highest BCUT2D eigenvalue weighted by atomic mass is 19.4. The number of rotatable bonds is 7. The summed E-state index contributed by atoms with van der Waals surface area (Å²) >= 11 is 0. The molecule has 0 aromatic carbocycles. The Kier molecular flexibility index (Phi) is 6.40. The summed E-state index contributed by atoms with van der Waals surface area (Å²) in [7, 11) is 1.32. The number of carbonyl (C=O) groups is 1. The molecule has 0 aliphatic heterocycles. The summed E-state index contributed by atoms with van der Waals surface area (Å²) in [6.45, 7) is 2.23. The van der Waals surface area contributed by atoms with E-state index in [0.29, 0.717) is 6.42 Å². The van der Waals surface area contributed by atoms with Gasteiger partial charge < -0.3 is 5.11 Å². The fourth-order valence-corrected chi connectivity index (χ4v) is 1.45. The molecule has 96 valence electrons. The van der Waals surface area contributed by atoms with E-state index in [2.05, 4.69) is 0 Å². The molecule has 0 bridgehead atoms. The van der Waals surface area contributed by atoms with Crippen molar-refractivity contribution in [3.8, 4) is 0 Å². The van der Waals surface area contributed by atoms with E-state index in [1.807, 2.05) is 6.92 Å². The molecular weight excluding hydrogens is 223 g/mol. The first-order valence-corrected chi connectivity index (χ1v) is 5.27. The number of alkyl halides is 3. The number of halogens is 3. The van der Waals surface area contributed by atoms with Gasteiger partial charge in [-0.3, -0.25) is 9.69 Å². The van der Waals surface area contributed by atoms with Crippen LogP contribution in [0.1, 0.15) is 32.6 Å². The van der Waals surface area contributed by atoms with Crippen LogP contribution in [0.2, 0.25) is 0 Å². The average molecular weight is 241 g/mol. The fourth-order valence-electron chi connectivity index (χ4n) is 1.45. The first-order valence-electron chi connectivity index (χ1n) is 5.27. The van der Waals surface area contributed by atoms with Gasteiger partial charge >= 0.3 is 12.1 Å². The molecule has 1 N–H and O–H groups in total. The van der Waals surface area contributed by atoms with Gasteiger partial charge in [0.05, 0.1) is 6.42 Å². The van der Waals surface area contributed by atoms with Gasteiger partial charge in [0.15, 0.2) is 0 Å². The zero-order valence-corrected chi connectivity index (χ0v) is 9.55. The molecular formula is C10H18F3NO2. The molecule has 0 aliphatic rings. The highest BCUT2D eigenvalue weighted by molar-refractivity contribution is 5.67. The Bertz CT molecular complexity index is 219. The van der Waals surface area contributed by atoms with E-state index >= 15 is 0 Å². The van der Waals surface area contributed by atoms with Crippen LogP contribution in [-0.2, 0) is 4.79 Å². The fraction of sp³-hybridized carbons (Fsp3) is 0.900. The second kappa shape index (κ2) is 6.73. The SMILES string of the molecule is CCCCCN(C)C(CC(=O)O)C(F)(F)F. The number of nitrogens with zero attached hydrogens (tertiary/aromatic N) is 1. The minimum Gasteiger partial charge on any atom is -0.481 e. The van der Waals surface area contributed by atoms with E-state index in [1.54, 1.807) is 0 Å². The molecule has 1 atom stereocenters. The first-order chi connectivity index (χ1) is 7.29. The summed E-state index contributed by atoms with van der Waals surface area (Å²) in [4.78, 5) is 11.4. The molecule has 1 unspecified atom stereocenters. The van der Waals surface area contributed by atoms with Crippen LogP contribution < -0.4 is 0 Å². The molecule has 0 saturated carbocycles. The standard InChI is InChI=1S/C10H18F3NO2/c1-3-4-5-6-14(2)8(7-9(15)16)10(11,12)13/h8H,3-7H2,1-2H3,(H,15,16). The van der Waals surface area contributed by atoms with Crippen molar-refractivity contribution in [3.63, 3.8) is 0 Å². The number of hydrogen-bond donors (Lipinski definition) is 1. The third kappa shape index (κ3) is 5.95. The lowest BCUT2D eigenvalue weighted by Gasteiger charge is -2.28. The normalized spacial score (nSPS) is 14.1. The Morgan fingerprint density at radius 3 is 2.31 bits per heavy atom. The van der Waals surface area contributed by atoms with E-state index < -0.39 is 24.6 Å². The van der Waals surface area contributed by atoms with Crippen molar-refractivity contribution in [2.75, 3.05) is 13.6 Å². The number of hydrogen-bond acceptors (Lipinski definition) is 2. The van der Waals surface area contributed by atoms with Gasteiger partial charge in [0.2, 0.25) is 0 Å². The van der Waals surface area contributed by atoms with Gasteiger partial charge in [-0.2, -0.15) is 13.2 Å². The topological polar surface area (TPSA) is 40.5 Å². The molecule has 0 rings (SSSR count). The lowest BCUT2D eigenvalue weighted by Crippen LogP contribution is -2.45. The zero-order valence-electron chi connectivity index (χ0n) is 9.55. The van der Waals surface area contributed by atoms with E-state index in [1.165, 1.54) is 7.05 Å². The summed E-state index contributed by atoms with van der Waals surface area (Å²) in [6.07, 6.45) is -2.96. The highest BCUT2D eigenvalue weighted by Crippen LogP contribution is 2.26. The molecule has 0 heterocycles. The van der Waals surface area contributed by atoms with Gasteiger partial charge in [0.25, 0.3) is 0 Å². The molecule has 0 saturated heterocycles. The van der Waals surface area contributed by atoms with Crippen molar-refractivity contribution in [2.24, 2.45) is 0 Å².